The van der Waals surface area contributed by atoms with Crippen molar-refractivity contribution in [1.82, 2.24) is 0 Å². The highest BCUT2D eigenvalue weighted by molar-refractivity contribution is 6.32. The van der Waals surface area contributed by atoms with E-state index in [0.717, 1.165) is 0 Å². The average Bonchev–Trinajstić information content (AvgIpc) is 2.18. The second kappa shape index (κ2) is 5.00. The number of phenols is 1. The molecule has 0 spiro atoms. The highest BCUT2D eigenvalue weighted by Gasteiger charge is 2.11. The van der Waals surface area contributed by atoms with Crippen LogP contribution in [0.2, 0.25) is 5.02 Å². The molecule has 1 unspecified atom stereocenters. The van der Waals surface area contributed by atoms with E-state index in [0.29, 0.717) is 5.56 Å². The van der Waals surface area contributed by atoms with Gasteiger partial charge in [0.05, 0.1) is 11.1 Å². The third-order valence-corrected chi connectivity index (χ3v) is 2.29. The molecule has 1 atom stereocenters. The van der Waals surface area contributed by atoms with Crippen LogP contribution in [0.15, 0.2) is 18.2 Å². The normalized spacial score (nSPS) is 12.4. The number of rotatable bonds is 4. The monoisotopic (exact) mass is 230 g/mol. The van der Waals surface area contributed by atoms with Crippen LogP contribution < -0.4 is 0 Å². The molecule has 0 aliphatic heterocycles. The van der Waals surface area contributed by atoms with E-state index in [1.807, 2.05) is 0 Å². The summed E-state index contributed by atoms with van der Waals surface area (Å²) < 4.78 is 0. The molecule has 1 aromatic rings. The van der Waals surface area contributed by atoms with E-state index in [1.54, 1.807) is 0 Å². The predicted molar refractivity (Wildman–Crippen MR) is 54.9 cm³/mol. The summed E-state index contributed by atoms with van der Waals surface area (Å²) in [6.07, 6.45) is -0.866. The molecule has 0 saturated carbocycles. The number of phenolic OH excluding ortho intramolecular Hbond substituents is 1. The van der Waals surface area contributed by atoms with Crippen molar-refractivity contribution in [3.05, 3.63) is 28.8 Å². The first-order chi connectivity index (χ1) is 7.00. The summed E-state index contributed by atoms with van der Waals surface area (Å²) in [6, 6.07) is 4.29. The zero-order chi connectivity index (χ0) is 11.4. The second-order valence-corrected chi connectivity index (χ2v) is 3.57. The quantitative estimate of drug-likeness (QED) is 0.739. The fourth-order valence-corrected chi connectivity index (χ4v) is 1.35. The first-order valence-corrected chi connectivity index (χ1v) is 4.76. The molecule has 1 rings (SSSR count). The van der Waals surface area contributed by atoms with Crippen molar-refractivity contribution in [1.29, 1.82) is 0 Å². The molecule has 82 valence electrons. The Labute approximate surface area is 91.7 Å². The molecule has 0 saturated heterocycles. The number of halogens is 1. The Morgan fingerprint density at radius 2 is 2.13 bits per heavy atom. The molecule has 0 bridgehead atoms. The Bertz CT molecular complexity index is 364. The topological polar surface area (TPSA) is 77.8 Å². The van der Waals surface area contributed by atoms with E-state index in [-0.39, 0.29) is 23.6 Å². The lowest BCUT2D eigenvalue weighted by atomic mass is 10.0. The SMILES string of the molecule is O=C(O)CCC(O)c1ccc(O)c(Cl)c1. The largest absolute Gasteiger partial charge is 0.506 e. The molecule has 0 heterocycles. The van der Waals surface area contributed by atoms with E-state index < -0.39 is 12.1 Å². The third kappa shape index (κ3) is 3.42. The fraction of sp³-hybridized carbons (Fsp3) is 0.300. The van der Waals surface area contributed by atoms with Gasteiger partial charge >= 0.3 is 5.97 Å². The fourth-order valence-electron chi connectivity index (χ4n) is 1.16. The van der Waals surface area contributed by atoms with Gasteiger partial charge in [-0.3, -0.25) is 4.79 Å². The van der Waals surface area contributed by atoms with Gasteiger partial charge in [0.15, 0.2) is 0 Å². The highest BCUT2D eigenvalue weighted by Crippen LogP contribution is 2.28. The van der Waals surface area contributed by atoms with Gasteiger partial charge in [-0.25, -0.2) is 0 Å². The van der Waals surface area contributed by atoms with Crippen LogP contribution in [0.4, 0.5) is 0 Å². The molecule has 0 aliphatic rings. The predicted octanol–water partition coefficient (Wildman–Crippen LogP) is 1.94. The number of hydrogen-bond donors (Lipinski definition) is 3. The maximum atomic E-state index is 10.3. The summed E-state index contributed by atoms with van der Waals surface area (Å²) in [5.74, 6) is -1.02. The summed E-state index contributed by atoms with van der Waals surface area (Å²) in [5, 5.41) is 27.3. The summed E-state index contributed by atoms with van der Waals surface area (Å²) >= 11 is 5.64. The summed E-state index contributed by atoms with van der Waals surface area (Å²) in [4.78, 5) is 10.3. The maximum Gasteiger partial charge on any atom is 0.303 e. The molecule has 0 fully saturated rings. The van der Waals surface area contributed by atoms with Gasteiger partial charge in [-0.1, -0.05) is 17.7 Å². The molecule has 0 amide bonds. The van der Waals surface area contributed by atoms with Gasteiger partial charge in [0.25, 0.3) is 0 Å². The Kier molecular flexibility index (Phi) is 3.94. The Hall–Kier alpha value is -1.26. The van der Waals surface area contributed by atoms with Gasteiger partial charge in [0, 0.05) is 6.42 Å². The molecule has 1 aromatic carbocycles. The highest BCUT2D eigenvalue weighted by atomic mass is 35.5. The zero-order valence-corrected chi connectivity index (χ0v) is 8.61. The number of benzene rings is 1. The lowest BCUT2D eigenvalue weighted by Gasteiger charge is -2.10. The smallest absolute Gasteiger partial charge is 0.303 e. The first-order valence-electron chi connectivity index (χ1n) is 4.39. The summed E-state index contributed by atoms with van der Waals surface area (Å²) in [6.45, 7) is 0. The zero-order valence-electron chi connectivity index (χ0n) is 7.85. The van der Waals surface area contributed by atoms with Crippen molar-refractivity contribution in [3.63, 3.8) is 0 Å². The first kappa shape index (κ1) is 11.8. The average molecular weight is 231 g/mol. The van der Waals surface area contributed by atoms with Gasteiger partial charge in [-0.05, 0) is 24.1 Å². The van der Waals surface area contributed by atoms with Crippen LogP contribution in [0.5, 0.6) is 5.75 Å². The van der Waals surface area contributed by atoms with Crippen LogP contribution in [0.25, 0.3) is 0 Å². The lowest BCUT2D eigenvalue weighted by molar-refractivity contribution is -0.137. The van der Waals surface area contributed by atoms with Crippen molar-refractivity contribution in [3.8, 4) is 5.75 Å². The molecular weight excluding hydrogens is 220 g/mol. The second-order valence-electron chi connectivity index (χ2n) is 3.16. The van der Waals surface area contributed by atoms with Crippen molar-refractivity contribution in [2.75, 3.05) is 0 Å². The molecule has 0 aromatic heterocycles. The lowest BCUT2D eigenvalue weighted by Crippen LogP contribution is -2.02. The number of carbonyl (C=O) groups is 1. The minimum Gasteiger partial charge on any atom is -0.506 e. The molecule has 3 N–H and O–H groups in total. The Balaban J connectivity index is 2.69. The van der Waals surface area contributed by atoms with Crippen molar-refractivity contribution < 1.29 is 20.1 Å². The number of aliphatic hydroxyl groups is 1. The Morgan fingerprint density at radius 1 is 1.47 bits per heavy atom. The summed E-state index contributed by atoms with van der Waals surface area (Å²) in [7, 11) is 0. The van der Waals surface area contributed by atoms with E-state index in [2.05, 4.69) is 0 Å². The molecule has 4 nitrogen and oxygen atoms in total. The molecule has 0 radical (unpaired) electrons. The van der Waals surface area contributed by atoms with Crippen molar-refractivity contribution in [2.45, 2.75) is 18.9 Å². The van der Waals surface area contributed by atoms with Crippen molar-refractivity contribution in [2.24, 2.45) is 0 Å². The Morgan fingerprint density at radius 3 is 2.67 bits per heavy atom. The number of aliphatic carboxylic acids is 1. The standard InChI is InChI=1S/C10H11ClO4/c11-7-5-6(1-2-9(7)13)8(12)3-4-10(14)15/h1-2,5,8,12-13H,3-4H2,(H,14,15). The number of carboxylic acids is 1. The third-order valence-electron chi connectivity index (χ3n) is 1.99. The van der Waals surface area contributed by atoms with E-state index in [4.69, 9.17) is 21.8 Å². The van der Waals surface area contributed by atoms with Gasteiger partial charge in [-0.2, -0.15) is 0 Å². The van der Waals surface area contributed by atoms with Crippen molar-refractivity contribution >= 4 is 17.6 Å². The molecule has 15 heavy (non-hydrogen) atoms. The molecule has 5 heteroatoms. The molecule has 0 aliphatic carbocycles. The van der Waals surface area contributed by atoms with Crippen LogP contribution in [0, 0.1) is 0 Å². The van der Waals surface area contributed by atoms with E-state index in [1.165, 1.54) is 18.2 Å². The number of aromatic hydroxyl groups is 1. The van der Waals surface area contributed by atoms with E-state index >= 15 is 0 Å². The van der Waals surface area contributed by atoms with Gasteiger partial charge in [-0.15, -0.1) is 0 Å². The summed E-state index contributed by atoms with van der Waals surface area (Å²) in [5.41, 5.74) is 0.499. The van der Waals surface area contributed by atoms with Gasteiger partial charge < -0.3 is 15.3 Å². The number of aliphatic hydroxyl groups excluding tert-OH is 1. The van der Waals surface area contributed by atoms with Gasteiger partial charge in [0.1, 0.15) is 5.75 Å². The minimum absolute atomic E-state index is 0.0640. The van der Waals surface area contributed by atoms with Crippen LogP contribution in [-0.2, 0) is 4.79 Å². The van der Waals surface area contributed by atoms with E-state index in [9.17, 15) is 9.90 Å². The van der Waals surface area contributed by atoms with Crippen LogP contribution in [0.3, 0.4) is 0 Å². The minimum atomic E-state index is -0.959. The molecular formula is C10H11ClO4. The number of hydrogen-bond acceptors (Lipinski definition) is 3. The van der Waals surface area contributed by atoms with Crippen LogP contribution in [0.1, 0.15) is 24.5 Å². The van der Waals surface area contributed by atoms with Crippen LogP contribution >= 0.6 is 11.6 Å². The van der Waals surface area contributed by atoms with Gasteiger partial charge in [0.2, 0.25) is 0 Å². The maximum absolute atomic E-state index is 10.3. The number of carboxylic acid groups (broad SMARTS) is 1. The van der Waals surface area contributed by atoms with Crippen LogP contribution in [-0.4, -0.2) is 21.3 Å².